The minimum absolute atomic E-state index is 0.0159. The molecule has 2 heterocycles. The standard InChI is InChI=1S/C12H20N2O2/c1-2-11(14-7-5-13-6-8-14)12-4-3-10(9-15)16-12/h3-4,11,13,15H,2,5-9H2,1H3/t11-/m0/s1. The summed E-state index contributed by atoms with van der Waals surface area (Å²) in [4.78, 5) is 2.44. The van der Waals surface area contributed by atoms with Gasteiger partial charge in [0.05, 0.1) is 6.04 Å². The Hall–Kier alpha value is -0.840. The third kappa shape index (κ3) is 2.45. The molecule has 1 aromatic rings. The minimum atomic E-state index is -0.0159. The van der Waals surface area contributed by atoms with E-state index >= 15 is 0 Å². The van der Waals surface area contributed by atoms with Gasteiger partial charge in [0.15, 0.2) is 0 Å². The molecule has 4 nitrogen and oxygen atoms in total. The molecule has 16 heavy (non-hydrogen) atoms. The van der Waals surface area contributed by atoms with Crippen LogP contribution in [0.5, 0.6) is 0 Å². The van der Waals surface area contributed by atoms with Gasteiger partial charge in [0.2, 0.25) is 0 Å². The van der Waals surface area contributed by atoms with Crippen molar-refractivity contribution < 1.29 is 9.52 Å². The summed E-state index contributed by atoms with van der Waals surface area (Å²) < 4.78 is 5.63. The van der Waals surface area contributed by atoms with Gasteiger partial charge in [-0.2, -0.15) is 0 Å². The molecule has 0 spiro atoms. The van der Waals surface area contributed by atoms with E-state index in [0.717, 1.165) is 38.4 Å². The van der Waals surface area contributed by atoms with E-state index in [1.54, 1.807) is 0 Å². The maximum absolute atomic E-state index is 9.00. The van der Waals surface area contributed by atoms with Crippen molar-refractivity contribution in [3.63, 3.8) is 0 Å². The van der Waals surface area contributed by atoms with E-state index in [2.05, 4.69) is 17.1 Å². The van der Waals surface area contributed by atoms with Crippen LogP contribution in [0.25, 0.3) is 0 Å². The minimum Gasteiger partial charge on any atom is -0.462 e. The van der Waals surface area contributed by atoms with Crippen molar-refractivity contribution in [2.75, 3.05) is 26.2 Å². The van der Waals surface area contributed by atoms with Gasteiger partial charge in [-0.25, -0.2) is 0 Å². The third-order valence-electron chi connectivity index (χ3n) is 3.15. The van der Waals surface area contributed by atoms with Crippen LogP contribution < -0.4 is 5.32 Å². The van der Waals surface area contributed by atoms with Crippen LogP contribution in [0.3, 0.4) is 0 Å². The molecule has 2 rings (SSSR count). The molecule has 0 aromatic carbocycles. The molecule has 1 fully saturated rings. The zero-order valence-electron chi connectivity index (χ0n) is 9.78. The van der Waals surface area contributed by atoms with Crippen LogP contribution in [0.1, 0.15) is 30.9 Å². The van der Waals surface area contributed by atoms with E-state index in [1.165, 1.54) is 0 Å². The van der Waals surface area contributed by atoms with Gasteiger partial charge in [-0.15, -0.1) is 0 Å². The fraction of sp³-hybridized carbons (Fsp3) is 0.667. The second-order valence-electron chi connectivity index (χ2n) is 4.17. The van der Waals surface area contributed by atoms with Crippen LogP contribution in [0.2, 0.25) is 0 Å². The van der Waals surface area contributed by atoms with Gasteiger partial charge in [-0.1, -0.05) is 6.92 Å². The van der Waals surface area contributed by atoms with Gasteiger partial charge >= 0.3 is 0 Å². The number of rotatable bonds is 4. The van der Waals surface area contributed by atoms with Crippen LogP contribution in [-0.4, -0.2) is 36.2 Å². The Labute approximate surface area is 96.2 Å². The largest absolute Gasteiger partial charge is 0.462 e. The lowest BCUT2D eigenvalue weighted by Crippen LogP contribution is -2.44. The number of nitrogens with one attached hydrogen (secondary N) is 1. The van der Waals surface area contributed by atoms with Crippen LogP contribution >= 0.6 is 0 Å². The topological polar surface area (TPSA) is 48.6 Å². The summed E-state index contributed by atoms with van der Waals surface area (Å²) in [5.41, 5.74) is 0. The predicted molar refractivity (Wildman–Crippen MR) is 62.1 cm³/mol. The van der Waals surface area contributed by atoms with Gasteiger partial charge in [0.1, 0.15) is 18.1 Å². The molecule has 0 unspecified atom stereocenters. The molecule has 0 radical (unpaired) electrons. The van der Waals surface area contributed by atoms with Crippen molar-refractivity contribution >= 4 is 0 Å². The first-order valence-electron chi connectivity index (χ1n) is 5.99. The molecule has 1 aromatic heterocycles. The Bertz CT molecular complexity index is 319. The van der Waals surface area contributed by atoms with Crippen molar-refractivity contribution in [2.24, 2.45) is 0 Å². The highest BCUT2D eigenvalue weighted by Crippen LogP contribution is 2.26. The maximum atomic E-state index is 9.00. The maximum Gasteiger partial charge on any atom is 0.129 e. The number of hydrogen-bond acceptors (Lipinski definition) is 4. The highest BCUT2D eigenvalue weighted by atomic mass is 16.4. The molecule has 1 atom stereocenters. The molecule has 0 aliphatic carbocycles. The van der Waals surface area contributed by atoms with Crippen LogP contribution in [0.4, 0.5) is 0 Å². The smallest absolute Gasteiger partial charge is 0.129 e. The van der Waals surface area contributed by atoms with E-state index in [1.807, 2.05) is 12.1 Å². The SMILES string of the molecule is CC[C@@H](c1ccc(CO)o1)N1CCNCC1. The first kappa shape index (κ1) is 11.6. The van der Waals surface area contributed by atoms with E-state index in [9.17, 15) is 0 Å². The van der Waals surface area contributed by atoms with Crippen molar-refractivity contribution in [3.8, 4) is 0 Å². The Morgan fingerprint density at radius 1 is 1.44 bits per heavy atom. The fourth-order valence-electron chi connectivity index (χ4n) is 2.29. The lowest BCUT2D eigenvalue weighted by Gasteiger charge is -2.33. The Kier molecular flexibility index (Phi) is 3.98. The molecule has 0 bridgehead atoms. The molecule has 1 saturated heterocycles. The fourth-order valence-corrected chi connectivity index (χ4v) is 2.29. The summed E-state index contributed by atoms with van der Waals surface area (Å²) in [5.74, 6) is 1.64. The lowest BCUT2D eigenvalue weighted by molar-refractivity contribution is 0.145. The van der Waals surface area contributed by atoms with Crippen molar-refractivity contribution in [1.29, 1.82) is 0 Å². The molecular weight excluding hydrogens is 204 g/mol. The molecule has 4 heteroatoms. The summed E-state index contributed by atoms with van der Waals surface area (Å²) >= 11 is 0. The van der Waals surface area contributed by atoms with Gasteiger partial charge in [0, 0.05) is 26.2 Å². The van der Waals surface area contributed by atoms with Crippen molar-refractivity contribution in [3.05, 3.63) is 23.7 Å². The van der Waals surface area contributed by atoms with E-state index in [0.29, 0.717) is 11.8 Å². The number of aliphatic hydroxyl groups is 1. The quantitative estimate of drug-likeness (QED) is 0.805. The second kappa shape index (κ2) is 5.48. The Balaban J connectivity index is 2.08. The highest BCUT2D eigenvalue weighted by molar-refractivity contribution is 5.10. The zero-order chi connectivity index (χ0) is 11.4. The molecule has 2 N–H and O–H groups in total. The van der Waals surface area contributed by atoms with Crippen LogP contribution in [0.15, 0.2) is 16.5 Å². The van der Waals surface area contributed by atoms with E-state index < -0.39 is 0 Å². The molecule has 0 saturated carbocycles. The highest BCUT2D eigenvalue weighted by Gasteiger charge is 2.22. The first-order chi connectivity index (χ1) is 7.85. The summed E-state index contributed by atoms with van der Waals surface area (Å²) in [5, 5.41) is 12.3. The van der Waals surface area contributed by atoms with Crippen LogP contribution in [0, 0.1) is 0 Å². The van der Waals surface area contributed by atoms with Crippen molar-refractivity contribution in [1.82, 2.24) is 10.2 Å². The first-order valence-corrected chi connectivity index (χ1v) is 5.99. The monoisotopic (exact) mass is 224 g/mol. The normalized spacial score (nSPS) is 19.9. The molecule has 0 amide bonds. The Morgan fingerprint density at radius 3 is 2.75 bits per heavy atom. The summed E-state index contributed by atoms with van der Waals surface area (Å²) in [6, 6.07) is 4.20. The predicted octanol–water partition coefficient (Wildman–Crippen LogP) is 1.13. The molecule has 90 valence electrons. The number of hydrogen-bond donors (Lipinski definition) is 2. The summed E-state index contributed by atoms with van der Waals surface area (Å²) in [7, 11) is 0. The third-order valence-corrected chi connectivity index (χ3v) is 3.15. The average Bonchev–Trinajstić information content (AvgIpc) is 2.80. The molecule has 1 aliphatic rings. The number of nitrogens with zero attached hydrogens (tertiary/aromatic N) is 1. The molecule has 1 aliphatic heterocycles. The zero-order valence-corrected chi connectivity index (χ0v) is 9.78. The number of aliphatic hydroxyl groups excluding tert-OH is 1. The lowest BCUT2D eigenvalue weighted by atomic mass is 10.1. The average molecular weight is 224 g/mol. The second-order valence-corrected chi connectivity index (χ2v) is 4.17. The van der Waals surface area contributed by atoms with E-state index in [-0.39, 0.29) is 6.61 Å². The molecular formula is C12H20N2O2. The van der Waals surface area contributed by atoms with Crippen LogP contribution in [-0.2, 0) is 6.61 Å². The van der Waals surface area contributed by atoms with Gasteiger partial charge in [0.25, 0.3) is 0 Å². The van der Waals surface area contributed by atoms with Gasteiger partial charge in [-0.05, 0) is 18.6 Å². The van der Waals surface area contributed by atoms with Crippen molar-refractivity contribution in [2.45, 2.75) is 26.0 Å². The van der Waals surface area contributed by atoms with E-state index in [4.69, 9.17) is 9.52 Å². The Morgan fingerprint density at radius 2 is 2.19 bits per heavy atom. The van der Waals surface area contributed by atoms with Gasteiger partial charge < -0.3 is 14.8 Å². The summed E-state index contributed by atoms with van der Waals surface area (Å²) in [6.45, 7) is 6.38. The summed E-state index contributed by atoms with van der Waals surface area (Å²) in [6.07, 6.45) is 1.04. The van der Waals surface area contributed by atoms with Gasteiger partial charge in [-0.3, -0.25) is 4.90 Å². The number of furan rings is 1. The number of piperazine rings is 1.